The molecule has 3 aromatic heterocycles. The minimum Gasteiger partial charge on any atom is -0.857 e. The van der Waals surface area contributed by atoms with E-state index in [1.165, 1.54) is 31.9 Å². The van der Waals surface area contributed by atoms with Crippen LogP contribution in [0, 0.1) is 0 Å². The number of ether oxygens (including phenoxy) is 1. The van der Waals surface area contributed by atoms with Gasteiger partial charge in [-0.15, -0.1) is 0 Å². The van der Waals surface area contributed by atoms with Gasteiger partial charge < -0.3 is 19.9 Å². The van der Waals surface area contributed by atoms with Crippen molar-refractivity contribution in [1.82, 2.24) is 29.9 Å². The minimum absolute atomic E-state index is 0. The summed E-state index contributed by atoms with van der Waals surface area (Å²) in [6, 6.07) is 0.458. The van der Waals surface area contributed by atoms with E-state index in [2.05, 4.69) is 77.7 Å². The first-order valence-electron chi connectivity index (χ1n) is 11.9. The second-order valence-electron chi connectivity index (χ2n) is 8.54. The smallest absolute Gasteiger partial charge is 0.857 e. The molecule has 3 saturated carbocycles. The molecule has 0 atom stereocenters. The van der Waals surface area contributed by atoms with Crippen LogP contribution in [0.4, 0.5) is 0 Å². The molecule has 0 aliphatic heterocycles. The van der Waals surface area contributed by atoms with Crippen molar-refractivity contribution >= 4 is 89.7 Å². The van der Waals surface area contributed by atoms with Crippen molar-refractivity contribution in [2.45, 2.75) is 56.2 Å². The molecule has 0 aromatic carbocycles. The zero-order valence-electron chi connectivity index (χ0n) is 22.4. The van der Waals surface area contributed by atoms with E-state index in [9.17, 15) is 0 Å². The van der Waals surface area contributed by atoms with Gasteiger partial charge in [-0.05, 0) is 102 Å². The standard InChI is InChI=1S/C8H9BrN2O.C7H6BrClN2.C4HBrCl2N2.C3H7BO2.CH3O.Na/c1-12-8-10-4-6(9)7(11-8)5-2-3-5;8-5-3-10-7(9)11-6(5)4-1-2-4;5-2-1-8-4(7)9-3(2)6;5-4(6)3-1-2-3;1-2;/h4-5H,2-3H2,1H3;3-4H,1-2H2;1H;3,5-6H,1-2H2;1H3;/q;;;;-1;+1. The van der Waals surface area contributed by atoms with Gasteiger partial charge in [0.1, 0.15) is 5.15 Å². The summed E-state index contributed by atoms with van der Waals surface area (Å²) in [5.74, 6) is 1.45. The van der Waals surface area contributed by atoms with E-state index in [4.69, 9.17) is 54.7 Å². The van der Waals surface area contributed by atoms with Crippen LogP contribution in [0.2, 0.25) is 21.5 Å². The third kappa shape index (κ3) is 15.2. The Morgan fingerprint density at radius 1 is 0.756 bits per heavy atom. The molecule has 218 valence electrons. The first-order chi connectivity index (χ1) is 19.1. The molecule has 41 heavy (non-hydrogen) atoms. The number of halogens is 6. The Morgan fingerprint density at radius 2 is 1.20 bits per heavy atom. The third-order valence-corrected chi connectivity index (χ3v) is 8.00. The van der Waals surface area contributed by atoms with Crippen LogP contribution in [0.5, 0.6) is 6.01 Å². The summed E-state index contributed by atoms with van der Waals surface area (Å²) in [4.78, 5) is 23.6. The second kappa shape index (κ2) is 20.3. The Labute approximate surface area is 301 Å². The SMILES string of the molecule is COc1ncc(Br)c(C2CC2)n1.C[O-].Clc1ncc(Br)c(C2CC2)n1.Clc1ncc(Br)c(Cl)n1.OB(O)C1CC1.[Na+]. The van der Waals surface area contributed by atoms with Crippen molar-refractivity contribution in [3.05, 3.63) is 59.1 Å². The summed E-state index contributed by atoms with van der Waals surface area (Å²) in [6.45, 7) is 0. The van der Waals surface area contributed by atoms with E-state index in [1.807, 2.05) is 0 Å². The molecule has 0 spiro atoms. The summed E-state index contributed by atoms with van der Waals surface area (Å²) in [5.41, 5.74) is 2.15. The minimum atomic E-state index is -1.04. The van der Waals surface area contributed by atoms with Crippen LogP contribution >= 0.6 is 82.6 Å². The van der Waals surface area contributed by atoms with Gasteiger partial charge in [0, 0.05) is 30.4 Å². The molecule has 0 saturated heterocycles. The summed E-state index contributed by atoms with van der Waals surface area (Å²) in [6.07, 6.45) is 11.9. The molecule has 0 bridgehead atoms. The third-order valence-electron chi connectivity index (χ3n) is 5.32. The molecular weight excluding hydrogens is 804 g/mol. The van der Waals surface area contributed by atoms with Crippen molar-refractivity contribution in [2.75, 3.05) is 14.2 Å². The second-order valence-corrected chi connectivity index (χ2v) is 12.1. The zero-order valence-corrected chi connectivity index (χ0v) is 31.5. The maximum atomic E-state index is 8.25. The van der Waals surface area contributed by atoms with Crippen molar-refractivity contribution in [3.8, 4) is 6.01 Å². The number of hydrogen-bond acceptors (Lipinski definition) is 10. The first-order valence-corrected chi connectivity index (χ1v) is 15.4. The van der Waals surface area contributed by atoms with Crippen molar-refractivity contribution in [2.24, 2.45) is 0 Å². The predicted octanol–water partition coefficient (Wildman–Crippen LogP) is 3.04. The van der Waals surface area contributed by atoms with E-state index in [1.54, 1.807) is 19.5 Å². The Kier molecular flexibility index (Phi) is 19.5. The zero-order chi connectivity index (χ0) is 29.8. The first kappa shape index (κ1) is 39.3. The molecule has 10 nitrogen and oxygen atoms in total. The molecule has 3 fully saturated rings. The summed E-state index contributed by atoms with van der Waals surface area (Å²) >= 11 is 26.5. The molecule has 3 aliphatic carbocycles. The van der Waals surface area contributed by atoms with E-state index in [0.29, 0.717) is 32.8 Å². The van der Waals surface area contributed by atoms with Gasteiger partial charge in [0.15, 0.2) is 0 Å². The van der Waals surface area contributed by atoms with Crippen LogP contribution in [-0.2, 0) is 0 Å². The molecule has 0 amide bonds. The van der Waals surface area contributed by atoms with Crippen LogP contribution in [0.25, 0.3) is 0 Å². The topological polar surface area (TPSA) is 150 Å². The number of hydrogen-bond donors (Lipinski definition) is 2. The monoisotopic (exact) mass is 826 g/mol. The molecule has 3 aliphatic rings. The van der Waals surface area contributed by atoms with Crippen molar-refractivity contribution in [1.29, 1.82) is 0 Å². The van der Waals surface area contributed by atoms with Gasteiger partial charge in [0.05, 0.1) is 31.9 Å². The van der Waals surface area contributed by atoms with Crippen molar-refractivity contribution in [3.63, 3.8) is 0 Å². The Hall–Kier alpha value is 0.295. The fourth-order valence-corrected chi connectivity index (χ4v) is 4.49. The normalized spacial score (nSPS) is 14.6. The molecule has 18 heteroatoms. The number of nitrogens with zero attached hydrogens (tertiary/aromatic N) is 6. The molecule has 6 rings (SSSR count). The van der Waals surface area contributed by atoms with Crippen LogP contribution in [0.3, 0.4) is 0 Å². The van der Waals surface area contributed by atoms with Gasteiger partial charge in [-0.3, -0.25) is 0 Å². The Bertz CT molecular complexity index is 1240. The molecule has 2 N–H and O–H groups in total. The quantitative estimate of drug-likeness (QED) is 0.229. The average Bonchev–Trinajstić information content (AvgIpc) is 3.80. The maximum absolute atomic E-state index is 8.25. The summed E-state index contributed by atoms with van der Waals surface area (Å²) < 4.78 is 7.56. The van der Waals surface area contributed by atoms with E-state index < -0.39 is 7.12 Å². The van der Waals surface area contributed by atoms with Gasteiger partial charge >= 0.3 is 42.7 Å². The molecule has 3 aromatic rings. The fourth-order valence-electron chi connectivity index (χ4n) is 2.83. The predicted molar refractivity (Wildman–Crippen MR) is 164 cm³/mol. The Balaban J connectivity index is 0.000000272. The van der Waals surface area contributed by atoms with Crippen LogP contribution in [-0.4, -0.2) is 61.3 Å². The average molecular weight is 830 g/mol. The fraction of sp³-hybridized carbons (Fsp3) is 0.478. The number of rotatable bonds is 4. The van der Waals surface area contributed by atoms with E-state index in [0.717, 1.165) is 40.3 Å². The van der Waals surface area contributed by atoms with Gasteiger partial charge in [-0.2, -0.15) is 12.1 Å². The van der Waals surface area contributed by atoms with Crippen LogP contribution in [0.1, 0.15) is 61.7 Å². The van der Waals surface area contributed by atoms with Gasteiger partial charge in [0.2, 0.25) is 10.6 Å². The molecule has 0 unspecified atom stereocenters. The van der Waals surface area contributed by atoms with Crippen LogP contribution in [0.15, 0.2) is 32.0 Å². The van der Waals surface area contributed by atoms with Gasteiger partial charge in [-0.1, -0.05) is 24.4 Å². The largest absolute Gasteiger partial charge is 1.00 e. The molecule has 3 heterocycles. The molecule has 0 radical (unpaired) electrons. The van der Waals surface area contributed by atoms with Gasteiger partial charge in [0.25, 0.3) is 0 Å². The van der Waals surface area contributed by atoms with E-state index >= 15 is 0 Å². The van der Waals surface area contributed by atoms with E-state index in [-0.39, 0.29) is 40.7 Å². The Morgan fingerprint density at radius 3 is 1.56 bits per heavy atom. The maximum Gasteiger partial charge on any atom is 1.00 e. The van der Waals surface area contributed by atoms with Crippen LogP contribution < -0.4 is 39.4 Å². The number of methoxy groups -OCH3 is 1. The molecular formula is C23H26BBr3Cl3N6NaO4. The summed E-state index contributed by atoms with van der Waals surface area (Å²) in [7, 11) is 1.30. The summed E-state index contributed by atoms with van der Waals surface area (Å²) in [5, 5.41) is 25.6. The number of aromatic nitrogens is 6. The van der Waals surface area contributed by atoms with Crippen molar-refractivity contribution < 1.29 is 49.4 Å². The van der Waals surface area contributed by atoms with Gasteiger partial charge in [-0.25, -0.2) is 24.9 Å².